The largest absolute Gasteiger partial charge is 0.416 e. The van der Waals surface area contributed by atoms with Crippen molar-refractivity contribution in [1.82, 2.24) is 0 Å². The highest BCUT2D eigenvalue weighted by atomic mass is 19.4. The molecule has 0 saturated carbocycles. The Balaban J connectivity index is 3.16. The van der Waals surface area contributed by atoms with E-state index < -0.39 is 11.7 Å². The Hall–Kier alpha value is -1.58. The summed E-state index contributed by atoms with van der Waals surface area (Å²) < 4.78 is 37.1. The average molecular weight is 200 g/mol. The normalized spacial score (nSPS) is 11.9. The molecular weight excluding hydrogens is 193 g/mol. The van der Waals surface area contributed by atoms with Gasteiger partial charge < -0.3 is 0 Å². The van der Waals surface area contributed by atoms with Crippen LogP contribution < -0.4 is 0 Å². The molecule has 0 atom stereocenters. The van der Waals surface area contributed by atoms with Crippen LogP contribution in [-0.2, 0) is 11.0 Å². The van der Waals surface area contributed by atoms with E-state index in [0.717, 1.165) is 18.2 Å². The molecule has 0 N–H and O–H groups in total. The SMILES string of the molecule is O=C/C=C\c1ccccc1C(F)(F)F. The van der Waals surface area contributed by atoms with Crippen molar-refractivity contribution >= 4 is 12.4 Å². The Kier molecular flexibility index (Phi) is 3.06. The van der Waals surface area contributed by atoms with E-state index >= 15 is 0 Å². The monoisotopic (exact) mass is 200 g/mol. The molecule has 0 unspecified atom stereocenters. The molecule has 1 aromatic rings. The first-order chi connectivity index (χ1) is 6.55. The number of carbonyl (C=O) groups is 1. The highest BCUT2D eigenvalue weighted by molar-refractivity contribution is 5.74. The lowest BCUT2D eigenvalue weighted by molar-refractivity contribution is -0.137. The van der Waals surface area contributed by atoms with E-state index in [-0.39, 0.29) is 5.56 Å². The van der Waals surface area contributed by atoms with Gasteiger partial charge in [-0.25, -0.2) is 0 Å². The van der Waals surface area contributed by atoms with Gasteiger partial charge in [-0.15, -0.1) is 0 Å². The minimum absolute atomic E-state index is 0.00731. The first-order valence-corrected chi connectivity index (χ1v) is 3.84. The molecule has 0 aliphatic carbocycles. The van der Waals surface area contributed by atoms with Gasteiger partial charge in [-0.2, -0.15) is 13.2 Å². The second-order valence-electron chi connectivity index (χ2n) is 2.58. The van der Waals surface area contributed by atoms with Crippen LogP contribution in [0, 0.1) is 0 Å². The zero-order valence-electron chi connectivity index (χ0n) is 7.08. The van der Waals surface area contributed by atoms with E-state index in [2.05, 4.69) is 0 Å². The fraction of sp³-hybridized carbons (Fsp3) is 0.100. The maximum absolute atomic E-state index is 12.4. The number of alkyl halides is 3. The summed E-state index contributed by atoms with van der Waals surface area (Å²) in [6, 6.07) is 5.08. The Labute approximate surface area is 78.9 Å². The number of benzene rings is 1. The molecule has 4 heteroatoms. The van der Waals surface area contributed by atoms with Crippen LogP contribution >= 0.6 is 0 Å². The van der Waals surface area contributed by atoms with Crippen LogP contribution in [-0.4, -0.2) is 6.29 Å². The highest BCUT2D eigenvalue weighted by Crippen LogP contribution is 2.32. The summed E-state index contributed by atoms with van der Waals surface area (Å²) >= 11 is 0. The first kappa shape index (κ1) is 10.5. The molecule has 0 amide bonds. The first-order valence-electron chi connectivity index (χ1n) is 3.84. The third-order valence-corrected chi connectivity index (χ3v) is 1.62. The van der Waals surface area contributed by atoms with Crippen LogP contribution in [0.3, 0.4) is 0 Å². The van der Waals surface area contributed by atoms with Gasteiger partial charge in [0.1, 0.15) is 6.29 Å². The molecule has 1 nitrogen and oxygen atoms in total. The van der Waals surface area contributed by atoms with Gasteiger partial charge in [-0.3, -0.25) is 4.79 Å². The van der Waals surface area contributed by atoms with Crippen molar-refractivity contribution in [2.75, 3.05) is 0 Å². The molecule has 0 radical (unpaired) electrons. The molecule has 0 saturated heterocycles. The molecule has 0 heterocycles. The minimum Gasteiger partial charge on any atom is -0.299 e. The van der Waals surface area contributed by atoms with Gasteiger partial charge in [0.2, 0.25) is 0 Å². The number of aldehydes is 1. The van der Waals surface area contributed by atoms with Gasteiger partial charge >= 0.3 is 6.18 Å². The molecule has 0 aromatic heterocycles. The predicted molar refractivity (Wildman–Crippen MR) is 46.5 cm³/mol. The van der Waals surface area contributed by atoms with Gasteiger partial charge in [0.25, 0.3) is 0 Å². The molecule has 0 aliphatic heterocycles. The van der Waals surface area contributed by atoms with Crippen molar-refractivity contribution < 1.29 is 18.0 Å². The summed E-state index contributed by atoms with van der Waals surface area (Å²) in [4.78, 5) is 9.97. The summed E-state index contributed by atoms with van der Waals surface area (Å²) in [5.41, 5.74) is -0.745. The van der Waals surface area contributed by atoms with Crippen molar-refractivity contribution in [1.29, 1.82) is 0 Å². The lowest BCUT2D eigenvalue weighted by atomic mass is 10.1. The molecule has 0 spiro atoms. The van der Waals surface area contributed by atoms with E-state index in [1.165, 1.54) is 18.2 Å². The summed E-state index contributed by atoms with van der Waals surface area (Å²) in [6.45, 7) is 0. The van der Waals surface area contributed by atoms with Gasteiger partial charge in [0, 0.05) is 0 Å². The maximum atomic E-state index is 12.4. The quantitative estimate of drug-likeness (QED) is 0.530. The van der Waals surface area contributed by atoms with E-state index in [0.29, 0.717) is 6.29 Å². The van der Waals surface area contributed by atoms with Crippen LogP contribution in [0.2, 0.25) is 0 Å². The van der Waals surface area contributed by atoms with Crippen LogP contribution in [0.15, 0.2) is 30.3 Å². The topological polar surface area (TPSA) is 17.1 Å². The van der Waals surface area contributed by atoms with Crippen LogP contribution in [0.25, 0.3) is 6.08 Å². The van der Waals surface area contributed by atoms with E-state index in [4.69, 9.17) is 0 Å². The van der Waals surface area contributed by atoms with Crippen LogP contribution in [0.5, 0.6) is 0 Å². The van der Waals surface area contributed by atoms with Crippen molar-refractivity contribution in [2.24, 2.45) is 0 Å². The van der Waals surface area contributed by atoms with Crippen LogP contribution in [0.4, 0.5) is 13.2 Å². The molecule has 1 rings (SSSR count). The Morgan fingerprint density at radius 2 is 1.79 bits per heavy atom. The molecular formula is C10H7F3O. The maximum Gasteiger partial charge on any atom is 0.416 e. The number of rotatable bonds is 2. The number of carbonyl (C=O) groups excluding carboxylic acids is 1. The zero-order chi connectivity index (χ0) is 10.6. The summed E-state index contributed by atoms with van der Waals surface area (Å²) in [6.07, 6.45) is -1.78. The average Bonchev–Trinajstić information content (AvgIpc) is 2.14. The van der Waals surface area contributed by atoms with E-state index in [1.807, 2.05) is 0 Å². The van der Waals surface area contributed by atoms with E-state index in [9.17, 15) is 18.0 Å². The predicted octanol–water partition coefficient (Wildman–Crippen LogP) is 2.92. The molecule has 14 heavy (non-hydrogen) atoms. The molecule has 0 fully saturated rings. The molecule has 1 aromatic carbocycles. The number of allylic oxidation sites excluding steroid dienone is 1. The van der Waals surface area contributed by atoms with Crippen molar-refractivity contribution in [3.8, 4) is 0 Å². The molecule has 0 bridgehead atoms. The Morgan fingerprint density at radius 3 is 2.36 bits per heavy atom. The Bertz CT molecular complexity index is 353. The van der Waals surface area contributed by atoms with Crippen molar-refractivity contribution in [2.45, 2.75) is 6.18 Å². The lowest BCUT2D eigenvalue weighted by Gasteiger charge is -2.09. The molecule has 0 aliphatic rings. The highest BCUT2D eigenvalue weighted by Gasteiger charge is 2.32. The third-order valence-electron chi connectivity index (χ3n) is 1.62. The zero-order valence-corrected chi connectivity index (χ0v) is 7.08. The molecule has 74 valence electrons. The second-order valence-corrected chi connectivity index (χ2v) is 2.58. The van der Waals surface area contributed by atoms with E-state index in [1.54, 1.807) is 0 Å². The smallest absolute Gasteiger partial charge is 0.299 e. The van der Waals surface area contributed by atoms with Crippen molar-refractivity contribution in [3.05, 3.63) is 41.5 Å². The Morgan fingerprint density at radius 1 is 1.14 bits per heavy atom. The number of hydrogen-bond acceptors (Lipinski definition) is 1. The third kappa shape index (κ3) is 2.45. The number of hydrogen-bond donors (Lipinski definition) is 0. The minimum atomic E-state index is -4.39. The lowest BCUT2D eigenvalue weighted by Crippen LogP contribution is -2.06. The summed E-state index contributed by atoms with van der Waals surface area (Å²) in [7, 11) is 0. The fourth-order valence-corrected chi connectivity index (χ4v) is 1.04. The summed E-state index contributed by atoms with van der Waals surface area (Å²) in [5, 5.41) is 0. The fourth-order valence-electron chi connectivity index (χ4n) is 1.04. The number of halogens is 3. The van der Waals surface area contributed by atoms with Gasteiger partial charge in [0.15, 0.2) is 0 Å². The second kappa shape index (κ2) is 4.09. The van der Waals surface area contributed by atoms with Gasteiger partial charge in [0.05, 0.1) is 5.56 Å². The van der Waals surface area contributed by atoms with Gasteiger partial charge in [-0.1, -0.05) is 24.3 Å². The summed E-state index contributed by atoms with van der Waals surface area (Å²) in [5.74, 6) is 0. The van der Waals surface area contributed by atoms with Crippen LogP contribution in [0.1, 0.15) is 11.1 Å². The van der Waals surface area contributed by atoms with Gasteiger partial charge in [-0.05, 0) is 17.7 Å². The standard InChI is InChI=1S/C10H7F3O/c11-10(12,13)9-6-2-1-4-8(9)5-3-7-14/h1-7H/b5-3-. The van der Waals surface area contributed by atoms with Crippen molar-refractivity contribution in [3.63, 3.8) is 0 Å².